The maximum Gasteiger partial charge on any atom is 0.253 e. The van der Waals surface area contributed by atoms with Gasteiger partial charge in [-0.25, -0.2) is 8.42 Å². The second-order valence-electron chi connectivity index (χ2n) is 7.18. The number of benzene rings is 2. The van der Waals surface area contributed by atoms with Crippen molar-refractivity contribution in [2.75, 3.05) is 29.2 Å². The third-order valence-corrected chi connectivity index (χ3v) is 5.91. The smallest absolute Gasteiger partial charge is 0.253 e. The maximum absolute atomic E-state index is 12.7. The van der Waals surface area contributed by atoms with Crippen LogP contribution in [0.4, 0.5) is 11.4 Å². The predicted molar refractivity (Wildman–Crippen MR) is 117 cm³/mol. The topological polar surface area (TPSA) is 114 Å². The first-order valence-electron chi connectivity index (χ1n) is 9.76. The minimum Gasteiger partial charge on any atom is -0.454 e. The van der Waals surface area contributed by atoms with Crippen LogP contribution in [-0.4, -0.2) is 45.9 Å². The molecule has 0 unspecified atom stereocenters. The number of nitrogens with one attached hydrogen (secondary N) is 2. The standard InChI is InChI=1S/C21H25N3O6S/c1-4-14(2)22-21(26)16-7-5-6-8-17(16)23-20(25)12-24(31(3,27)28)15-9-10-18-19(11-15)30-13-29-18/h5-11,14H,4,12-13H2,1-3H3,(H,22,26)(H,23,25)/t14-/m1/s1. The highest BCUT2D eigenvalue weighted by Gasteiger charge is 2.24. The van der Waals surface area contributed by atoms with Crippen molar-refractivity contribution in [1.82, 2.24) is 5.32 Å². The van der Waals surface area contributed by atoms with Crippen LogP contribution in [0.15, 0.2) is 42.5 Å². The minimum atomic E-state index is -3.77. The highest BCUT2D eigenvalue weighted by atomic mass is 32.2. The zero-order chi connectivity index (χ0) is 22.6. The second-order valence-corrected chi connectivity index (χ2v) is 9.09. The van der Waals surface area contributed by atoms with E-state index in [1.165, 1.54) is 12.1 Å². The molecule has 10 heteroatoms. The van der Waals surface area contributed by atoms with Crippen LogP contribution in [-0.2, 0) is 14.8 Å². The number of hydrogen-bond donors (Lipinski definition) is 2. The Kier molecular flexibility index (Phi) is 6.69. The number of sulfonamides is 1. The van der Waals surface area contributed by atoms with E-state index in [2.05, 4.69) is 10.6 Å². The van der Waals surface area contributed by atoms with Gasteiger partial charge in [-0.3, -0.25) is 13.9 Å². The van der Waals surface area contributed by atoms with Crippen molar-refractivity contribution < 1.29 is 27.5 Å². The molecule has 9 nitrogen and oxygen atoms in total. The fourth-order valence-corrected chi connectivity index (χ4v) is 3.80. The minimum absolute atomic E-state index is 0.0250. The molecule has 1 heterocycles. The maximum atomic E-state index is 12.7. The van der Waals surface area contributed by atoms with E-state index in [4.69, 9.17) is 9.47 Å². The molecule has 166 valence electrons. The summed E-state index contributed by atoms with van der Waals surface area (Å²) in [4.78, 5) is 25.3. The molecule has 0 aliphatic carbocycles. The van der Waals surface area contributed by atoms with E-state index in [1.807, 2.05) is 13.8 Å². The molecule has 0 fully saturated rings. The summed E-state index contributed by atoms with van der Waals surface area (Å²) >= 11 is 0. The Labute approximate surface area is 181 Å². The summed E-state index contributed by atoms with van der Waals surface area (Å²) in [7, 11) is -3.77. The van der Waals surface area contributed by atoms with E-state index < -0.39 is 22.5 Å². The predicted octanol–water partition coefficient (Wildman–Crippen LogP) is 2.35. The van der Waals surface area contributed by atoms with Crippen LogP contribution >= 0.6 is 0 Å². The van der Waals surface area contributed by atoms with E-state index in [-0.39, 0.29) is 24.4 Å². The first kappa shape index (κ1) is 22.4. The Bertz CT molecular complexity index is 1090. The van der Waals surface area contributed by atoms with Crippen LogP contribution in [0.3, 0.4) is 0 Å². The van der Waals surface area contributed by atoms with Gasteiger partial charge >= 0.3 is 0 Å². The Morgan fingerprint density at radius 1 is 1.13 bits per heavy atom. The van der Waals surface area contributed by atoms with Crippen molar-refractivity contribution >= 4 is 33.2 Å². The fourth-order valence-electron chi connectivity index (χ4n) is 2.95. The third-order valence-electron chi connectivity index (χ3n) is 4.77. The number of ether oxygens (including phenoxy) is 2. The summed E-state index contributed by atoms with van der Waals surface area (Å²) in [5, 5.41) is 5.50. The van der Waals surface area contributed by atoms with Crippen LogP contribution in [0.25, 0.3) is 0 Å². The van der Waals surface area contributed by atoms with Crippen LogP contribution in [0, 0.1) is 0 Å². The van der Waals surface area contributed by atoms with Crippen molar-refractivity contribution in [3.05, 3.63) is 48.0 Å². The zero-order valence-corrected chi connectivity index (χ0v) is 18.4. The molecule has 1 aliphatic heterocycles. The number of hydrogen-bond acceptors (Lipinski definition) is 6. The molecule has 0 radical (unpaired) electrons. The molecule has 0 bridgehead atoms. The van der Waals surface area contributed by atoms with Gasteiger partial charge in [0.05, 0.1) is 23.2 Å². The number of carbonyl (C=O) groups excluding carboxylic acids is 2. The molecule has 31 heavy (non-hydrogen) atoms. The number of rotatable bonds is 8. The molecule has 2 N–H and O–H groups in total. The SMILES string of the molecule is CC[C@@H](C)NC(=O)c1ccccc1NC(=O)CN(c1ccc2c(c1)OCO2)S(C)(=O)=O. The van der Waals surface area contributed by atoms with Gasteiger partial charge in [-0.2, -0.15) is 0 Å². The van der Waals surface area contributed by atoms with Gasteiger partial charge in [0, 0.05) is 12.1 Å². The molecular weight excluding hydrogens is 422 g/mol. The Morgan fingerprint density at radius 3 is 2.55 bits per heavy atom. The molecule has 0 spiro atoms. The lowest BCUT2D eigenvalue weighted by Crippen LogP contribution is -2.38. The normalized spacial score (nSPS) is 13.4. The first-order valence-corrected chi connectivity index (χ1v) is 11.6. The van der Waals surface area contributed by atoms with Gasteiger partial charge in [-0.15, -0.1) is 0 Å². The van der Waals surface area contributed by atoms with Crippen LogP contribution in [0.2, 0.25) is 0 Å². The summed E-state index contributed by atoms with van der Waals surface area (Å²) < 4.78 is 36.2. The molecule has 1 aliphatic rings. The van der Waals surface area contributed by atoms with Crippen molar-refractivity contribution in [1.29, 1.82) is 0 Å². The second kappa shape index (κ2) is 9.25. The summed E-state index contributed by atoms with van der Waals surface area (Å²) in [5.74, 6) is -0.00519. The largest absolute Gasteiger partial charge is 0.454 e. The van der Waals surface area contributed by atoms with Gasteiger partial charge in [0.2, 0.25) is 22.7 Å². The molecule has 1 atom stereocenters. The average Bonchev–Trinajstić information content (AvgIpc) is 3.19. The summed E-state index contributed by atoms with van der Waals surface area (Å²) in [5.41, 5.74) is 0.863. The average molecular weight is 448 g/mol. The molecule has 0 aromatic heterocycles. The molecule has 2 aromatic carbocycles. The molecule has 2 amide bonds. The highest BCUT2D eigenvalue weighted by Crippen LogP contribution is 2.36. The van der Waals surface area contributed by atoms with E-state index in [0.29, 0.717) is 22.7 Å². The first-order chi connectivity index (χ1) is 14.7. The fraction of sp³-hybridized carbons (Fsp3) is 0.333. The lowest BCUT2D eigenvalue weighted by atomic mass is 10.1. The lowest BCUT2D eigenvalue weighted by molar-refractivity contribution is -0.114. The number of para-hydroxylation sites is 1. The lowest BCUT2D eigenvalue weighted by Gasteiger charge is -2.22. The molecule has 3 rings (SSSR count). The van der Waals surface area contributed by atoms with Crippen molar-refractivity contribution in [2.45, 2.75) is 26.3 Å². The summed E-state index contributed by atoms with van der Waals surface area (Å²) in [6.07, 6.45) is 1.78. The zero-order valence-electron chi connectivity index (χ0n) is 17.5. The van der Waals surface area contributed by atoms with Gasteiger partial charge in [0.15, 0.2) is 11.5 Å². The van der Waals surface area contributed by atoms with Gasteiger partial charge in [0.1, 0.15) is 6.54 Å². The summed E-state index contributed by atoms with van der Waals surface area (Å²) in [6, 6.07) is 11.2. The van der Waals surface area contributed by atoms with Crippen molar-refractivity contribution in [3.8, 4) is 11.5 Å². The molecule has 0 saturated carbocycles. The summed E-state index contributed by atoms with van der Waals surface area (Å²) in [6.45, 7) is 3.41. The molecule has 2 aromatic rings. The van der Waals surface area contributed by atoms with E-state index in [0.717, 1.165) is 17.0 Å². The van der Waals surface area contributed by atoms with Gasteiger partial charge in [-0.1, -0.05) is 19.1 Å². The Balaban J connectivity index is 1.79. The Hall–Kier alpha value is -3.27. The quantitative estimate of drug-likeness (QED) is 0.642. The van der Waals surface area contributed by atoms with Gasteiger partial charge in [-0.05, 0) is 37.6 Å². The van der Waals surface area contributed by atoms with Crippen molar-refractivity contribution in [2.24, 2.45) is 0 Å². The van der Waals surface area contributed by atoms with Crippen LogP contribution in [0.5, 0.6) is 11.5 Å². The van der Waals surface area contributed by atoms with Crippen LogP contribution < -0.4 is 24.4 Å². The monoisotopic (exact) mass is 447 g/mol. The van der Waals surface area contributed by atoms with Gasteiger partial charge in [0.25, 0.3) is 5.91 Å². The molecule has 0 saturated heterocycles. The van der Waals surface area contributed by atoms with E-state index in [1.54, 1.807) is 30.3 Å². The highest BCUT2D eigenvalue weighted by molar-refractivity contribution is 7.92. The number of nitrogens with zero attached hydrogens (tertiary/aromatic N) is 1. The Morgan fingerprint density at radius 2 is 1.84 bits per heavy atom. The molecular formula is C21H25N3O6S. The van der Waals surface area contributed by atoms with E-state index in [9.17, 15) is 18.0 Å². The number of carbonyl (C=O) groups is 2. The van der Waals surface area contributed by atoms with Crippen LogP contribution in [0.1, 0.15) is 30.6 Å². The third kappa shape index (κ3) is 5.46. The number of amides is 2. The number of anilines is 2. The van der Waals surface area contributed by atoms with Gasteiger partial charge < -0.3 is 20.1 Å². The van der Waals surface area contributed by atoms with E-state index >= 15 is 0 Å². The number of fused-ring (bicyclic) bond motifs is 1. The van der Waals surface area contributed by atoms with Crippen molar-refractivity contribution in [3.63, 3.8) is 0 Å².